The predicted octanol–water partition coefficient (Wildman–Crippen LogP) is 2.13. The second-order valence-corrected chi connectivity index (χ2v) is 5.55. The Morgan fingerprint density at radius 1 is 1.23 bits per heavy atom. The highest BCUT2D eigenvalue weighted by Gasteiger charge is 2.29. The summed E-state index contributed by atoms with van der Waals surface area (Å²) in [7, 11) is 0. The predicted molar refractivity (Wildman–Crippen MR) is 79.0 cm³/mol. The van der Waals surface area contributed by atoms with Gasteiger partial charge in [-0.05, 0) is 31.9 Å². The molecule has 0 radical (unpaired) electrons. The van der Waals surface area contributed by atoms with Gasteiger partial charge in [0.15, 0.2) is 17.6 Å². The lowest BCUT2D eigenvalue weighted by atomic mass is 9.86. The summed E-state index contributed by atoms with van der Waals surface area (Å²) in [6.07, 6.45) is 1.95. The minimum atomic E-state index is -0.818. The number of hydrogen-bond acceptors (Lipinski definition) is 5. The van der Waals surface area contributed by atoms with E-state index in [1.165, 1.54) is 0 Å². The number of fused-ring (bicyclic) bond motifs is 1. The minimum absolute atomic E-state index is 0.0375. The Balaban J connectivity index is 1.57. The number of nitrogens with one attached hydrogen (secondary N) is 1. The first-order valence-electron chi connectivity index (χ1n) is 7.54. The largest absolute Gasteiger partial charge is 0.486 e. The van der Waals surface area contributed by atoms with Gasteiger partial charge in [-0.3, -0.25) is 9.59 Å². The van der Waals surface area contributed by atoms with Crippen LogP contribution in [0.5, 0.6) is 11.5 Å². The number of ether oxygens (including phenoxy) is 3. The molecule has 0 saturated heterocycles. The molecule has 1 heterocycles. The van der Waals surface area contributed by atoms with Gasteiger partial charge in [0, 0.05) is 11.8 Å². The van der Waals surface area contributed by atoms with E-state index in [1.54, 1.807) is 25.1 Å². The number of amides is 1. The number of hydrogen-bond donors (Lipinski definition) is 1. The van der Waals surface area contributed by atoms with Gasteiger partial charge in [0.1, 0.15) is 13.2 Å². The van der Waals surface area contributed by atoms with Crippen LogP contribution in [-0.2, 0) is 14.3 Å². The smallest absolute Gasteiger partial charge is 0.309 e. The van der Waals surface area contributed by atoms with Crippen molar-refractivity contribution in [3.8, 4) is 11.5 Å². The molecule has 118 valence electrons. The number of carbonyl (C=O) groups excluding carboxylic acids is 2. The molecule has 1 atom stereocenters. The monoisotopic (exact) mass is 305 g/mol. The summed E-state index contributed by atoms with van der Waals surface area (Å²) in [5.41, 5.74) is 0.584. The normalized spacial score (nSPS) is 18.0. The summed E-state index contributed by atoms with van der Waals surface area (Å²) < 4.78 is 16.1. The first kappa shape index (κ1) is 14.7. The van der Waals surface area contributed by atoms with Crippen LogP contribution in [-0.4, -0.2) is 31.2 Å². The van der Waals surface area contributed by atoms with Crippen LogP contribution in [0.4, 0.5) is 5.69 Å². The van der Waals surface area contributed by atoms with E-state index in [0.29, 0.717) is 30.4 Å². The van der Waals surface area contributed by atoms with E-state index >= 15 is 0 Å². The molecular weight excluding hydrogens is 286 g/mol. The molecule has 1 aromatic rings. The average Bonchev–Trinajstić information content (AvgIpc) is 2.45. The van der Waals surface area contributed by atoms with Gasteiger partial charge in [-0.15, -0.1) is 0 Å². The highest BCUT2D eigenvalue weighted by molar-refractivity contribution is 5.95. The zero-order valence-electron chi connectivity index (χ0n) is 12.5. The minimum Gasteiger partial charge on any atom is -0.486 e. The Labute approximate surface area is 128 Å². The molecule has 6 nitrogen and oxygen atoms in total. The molecule has 6 heteroatoms. The second-order valence-electron chi connectivity index (χ2n) is 5.55. The average molecular weight is 305 g/mol. The third-order valence-corrected chi connectivity index (χ3v) is 3.91. The van der Waals surface area contributed by atoms with Crippen LogP contribution in [0.2, 0.25) is 0 Å². The van der Waals surface area contributed by atoms with Crippen molar-refractivity contribution in [1.82, 2.24) is 0 Å². The fourth-order valence-electron chi connectivity index (χ4n) is 2.33. The van der Waals surface area contributed by atoms with Gasteiger partial charge in [0.25, 0.3) is 5.91 Å². The second kappa shape index (κ2) is 6.25. The molecule has 1 aliphatic heterocycles. The molecule has 1 aromatic carbocycles. The van der Waals surface area contributed by atoms with Crippen molar-refractivity contribution in [2.75, 3.05) is 18.5 Å². The van der Waals surface area contributed by atoms with Crippen molar-refractivity contribution in [2.24, 2.45) is 5.92 Å². The van der Waals surface area contributed by atoms with Crippen molar-refractivity contribution >= 4 is 17.6 Å². The van der Waals surface area contributed by atoms with Crippen LogP contribution >= 0.6 is 0 Å². The van der Waals surface area contributed by atoms with Gasteiger partial charge in [-0.2, -0.15) is 0 Å². The maximum atomic E-state index is 12.1. The third kappa shape index (κ3) is 3.16. The summed E-state index contributed by atoms with van der Waals surface area (Å²) in [5.74, 6) is 0.585. The third-order valence-electron chi connectivity index (χ3n) is 3.91. The molecule has 0 bridgehead atoms. The summed E-state index contributed by atoms with van der Waals surface area (Å²) >= 11 is 0. The number of rotatable bonds is 4. The highest BCUT2D eigenvalue weighted by atomic mass is 16.6. The number of benzene rings is 1. The van der Waals surface area contributed by atoms with Crippen molar-refractivity contribution in [1.29, 1.82) is 0 Å². The molecule has 1 N–H and O–H groups in total. The van der Waals surface area contributed by atoms with Crippen molar-refractivity contribution in [3.05, 3.63) is 18.2 Å². The quantitative estimate of drug-likeness (QED) is 0.863. The maximum Gasteiger partial charge on any atom is 0.309 e. The summed E-state index contributed by atoms with van der Waals surface area (Å²) in [6, 6.07) is 5.17. The molecule has 0 aromatic heterocycles. The molecule has 0 spiro atoms. The molecule has 1 unspecified atom stereocenters. The van der Waals surface area contributed by atoms with Crippen LogP contribution < -0.4 is 14.8 Å². The molecule has 1 saturated carbocycles. The van der Waals surface area contributed by atoms with Crippen molar-refractivity contribution < 1.29 is 23.8 Å². The zero-order chi connectivity index (χ0) is 15.5. The molecule has 1 amide bonds. The van der Waals surface area contributed by atoms with E-state index in [0.717, 1.165) is 19.3 Å². The standard InChI is InChI=1S/C16H19NO5/c1-10(22-16(19)11-3-2-4-11)15(18)17-12-5-6-13-14(9-12)21-8-7-20-13/h5-6,9-11H,2-4,7-8H2,1H3,(H,17,18). The van der Waals surface area contributed by atoms with Crippen LogP contribution in [0.15, 0.2) is 18.2 Å². The highest BCUT2D eigenvalue weighted by Crippen LogP contribution is 2.32. The van der Waals surface area contributed by atoms with Crippen molar-refractivity contribution in [2.45, 2.75) is 32.3 Å². The topological polar surface area (TPSA) is 73.9 Å². The zero-order valence-corrected chi connectivity index (χ0v) is 12.5. The van der Waals surface area contributed by atoms with Crippen LogP contribution in [0.1, 0.15) is 26.2 Å². The van der Waals surface area contributed by atoms with E-state index in [2.05, 4.69) is 5.32 Å². The van der Waals surface area contributed by atoms with E-state index < -0.39 is 6.10 Å². The molecule has 1 aliphatic carbocycles. The Hall–Kier alpha value is -2.24. The maximum absolute atomic E-state index is 12.1. The first-order valence-corrected chi connectivity index (χ1v) is 7.54. The Morgan fingerprint density at radius 3 is 2.64 bits per heavy atom. The molecule has 22 heavy (non-hydrogen) atoms. The molecular formula is C16H19NO5. The number of carbonyl (C=O) groups is 2. The first-order chi connectivity index (χ1) is 10.6. The van der Waals surface area contributed by atoms with Gasteiger partial charge >= 0.3 is 5.97 Å². The van der Waals surface area contributed by atoms with Gasteiger partial charge < -0.3 is 19.5 Å². The van der Waals surface area contributed by atoms with E-state index in [1.807, 2.05) is 0 Å². The number of esters is 1. The SMILES string of the molecule is CC(OC(=O)C1CCC1)C(=O)Nc1ccc2c(c1)OCCO2. The van der Waals surface area contributed by atoms with Crippen LogP contribution in [0.25, 0.3) is 0 Å². The lowest BCUT2D eigenvalue weighted by molar-refractivity contribution is -0.159. The number of anilines is 1. The van der Waals surface area contributed by atoms with Crippen LogP contribution in [0.3, 0.4) is 0 Å². The van der Waals surface area contributed by atoms with E-state index in [-0.39, 0.29) is 17.8 Å². The lowest BCUT2D eigenvalue weighted by Crippen LogP contribution is -2.34. The van der Waals surface area contributed by atoms with Gasteiger partial charge in [0.2, 0.25) is 0 Å². The summed E-state index contributed by atoms with van der Waals surface area (Å²) in [4.78, 5) is 23.8. The fraction of sp³-hybridized carbons (Fsp3) is 0.500. The van der Waals surface area contributed by atoms with Gasteiger partial charge in [-0.25, -0.2) is 0 Å². The molecule has 2 aliphatic rings. The molecule has 3 rings (SSSR count). The van der Waals surface area contributed by atoms with Crippen LogP contribution in [0, 0.1) is 5.92 Å². The van der Waals surface area contributed by atoms with E-state index in [9.17, 15) is 9.59 Å². The Morgan fingerprint density at radius 2 is 1.95 bits per heavy atom. The fourth-order valence-corrected chi connectivity index (χ4v) is 2.33. The lowest BCUT2D eigenvalue weighted by Gasteiger charge is -2.25. The molecule has 1 fully saturated rings. The van der Waals surface area contributed by atoms with Gasteiger partial charge in [0.05, 0.1) is 5.92 Å². The van der Waals surface area contributed by atoms with Gasteiger partial charge in [-0.1, -0.05) is 6.42 Å². The Kier molecular flexibility index (Phi) is 4.18. The van der Waals surface area contributed by atoms with E-state index in [4.69, 9.17) is 14.2 Å². The summed E-state index contributed by atoms with van der Waals surface area (Å²) in [5, 5.41) is 2.72. The van der Waals surface area contributed by atoms with Crippen molar-refractivity contribution in [3.63, 3.8) is 0 Å². The summed E-state index contributed by atoms with van der Waals surface area (Å²) in [6.45, 7) is 2.58. The Bertz CT molecular complexity index is 582.